The van der Waals surface area contributed by atoms with Crippen molar-refractivity contribution in [2.45, 2.75) is 26.8 Å². The van der Waals surface area contributed by atoms with Crippen LogP contribution in [0.5, 0.6) is 0 Å². The molecule has 0 aliphatic carbocycles. The lowest BCUT2D eigenvalue weighted by molar-refractivity contribution is -0.116. The summed E-state index contributed by atoms with van der Waals surface area (Å²) in [5, 5.41) is 2.80. The van der Waals surface area contributed by atoms with Crippen molar-refractivity contribution in [3.63, 3.8) is 0 Å². The number of rotatable bonds is 0. The van der Waals surface area contributed by atoms with Gasteiger partial charge in [-0.3, -0.25) is 10.1 Å². The first-order valence-electron chi connectivity index (χ1n) is 5.42. The van der Waals surface area contributed by atoms with E-state index in [1.165, 1.54) is 11.1 Å². The van der Waals surface area contributed by atoms with Crippen LogP contribution in [-0.4, -0.2) is 15.5 Å². The molecular weight excluding hydrogens is 202 g/mol. The van der Waals surface area contributed by atoms with E-state index in [1.54, 1.807) is 0 Å². The maximum Gasteiger partial charge on any atom is 0.228 e. The van der Waals surface area contributed by atoms with E-state index in [4.69, 9.17) is 0 Å². The number of carbonyl (C=O) groups excluding carboxylic acids is 1. The number of hydrogen-bond acceptors (Lipinski definition) is 2. The molecule has 1 aromatic carbocycles. The zero-order valence-electron chi connectivity index (χ0n) is 9.37. The Morgan fingerprint density at radius 1 is 1.31 bits per heavy atom. The number of nitrogens with zero attached hydrogens (tertiary/aromatic N) is 2. The minimum absolute atomic E-state index is 0.0521. The van der Waals surface area contributed by atoms with Crippen molar-refractivity contribution in [3.05, 3.63) is 23.3 Å². The number of carbonyl (C=O) groups is 1. The smallest absolute Gasteiger partial charge is 0.228 e. The SMILES string of the molecule is Cc1cc2nc3n(c2cc1C)CCC(=O)N3. The number of aryl methyl sites for hydroxylation is 3. The molecule has 2 aromatic rings. The maximum atomic E-state index is 11.3. The first-order valence-corrected chi connectivity index (χ1v) is 5.42. The van der Waals surface area contributed by atoms with Crippen LogP contribution in [0, 0.1) is 13.8 Å². The molecular formula is C12H13N3O. The molecule has 0 radical (unpaired) electrons. The van der Waals surface area contributed by atoms with Crippen molar-refractivity contribution in [1.29, 1.82) is 0 Å². The monoisotopic (exact) mass is 215 g/mol. The third kappa shape index (κ3) is 1.23. The molecule has 0 unspecified atom stereocenters. The Balaban J connectivity index is 2.29. The summed E-state index contributed by atoms with van der Waals surface area (Å²) in [5.41, 5.74) is 4.56. The lowest BCUT2D eigenvalue weighted by Crippen LogP contribution is -2.23. The highest BCUT2D eigenvalue weighted by Gasteiger charge is 2.18. The molecule has 4 nitrogen and oxygen atoms in total. The number of hydrogen-bond donors (Lipinski definition) is 1. The van der Waals surface area contributed by atoms with Gasteiger partial charge in [-0.2, -0.15) is 0 Å². The van der Waals surface area contributed by atoms with Gasteiger partial charge in [0.05, 0.1) is 11.0 Å². The predicted molar refractivity (Wildman–Crippen MR) is 62.5 cm³/mol. The summed E-state index contributed by atoms with van der Waals surface area (Å²) in [6.45, 7) is 4.89. The number of benzene rings is 1. The Morgan fingerprint density at radius 3 is 2.88 bits per heavy atom. The average Bonchev–Trinajstić information content (AvgIpc) is 2.55. The van der Waals surface area contributed by atoms with Crippen LogP contribution in [0.25, 0.3) is 11.0 Å². The molecule has 1 aliphatic heterocycles. The number of fused-ring (bicyclic) bond motifs is 3. The molecule has 0 saturated carbocycles. The Bertz CT molecular complexity index is 598. The van der Waals surface area contributed by atoms with Gasteiger partial charge in [0.15, 0.2) is 0 Å². The second-order valence-electron chi connectivity index (χ2n) is 4.31. The molecule has 1 aliphatic rings. The van der Waals surface area contributed by atoms with Gasteiger partial charge in [0.1, 0.15) is 0 Å². The van der Waals surface area contributed by atoms with Crippen molar-refractivity contribution < 1.29 is 4.79 Å². The molecule has 0 bridgehead atoms. The molecule has 1 amide bonds. The molecule has 82 valence electrons. The van der Waals surface area contributed by atoms with Gasteiger partial charge in [-0.15, -0.1) is 0 Å². The predicted octanol–water partition coefficient (Wildman–Crippen LogP) is 2.00. The topological polar surface area (TPSA) is 46.9 Å². The van der Waals surface area contributed by atoms with Crippen molar-refractivity contribution in [2.24, 2.45) is 0 Å². The van der Waals surface area contributed by atoms with E-state index in [-0.39, 0.29) is 5.91 Å². The number of amides is 1. The van der Waals surface area contributed by atoms with Crippen molar-refractivity contribution in [2.75, 3.05) is 5.32 Å². The number of imidazole rings is 1. The fourth-order valence-electron chi connectivity index (χ4n) is 2.10. The summed E-state index contributed by atoms with van der Waals surface area (Å²) in [6.07, 6.45) is 0.533. The number of aromatic nitrogens is 2. The molecule has 3 rings (SSSR count). The minimum atomic E-state index is 0.0521. The summed E-state index contributed by atoms with van der Waals surface area (Å²) in [7, 11) is 0. The summed E-state index contributed by atoms with van der Waals surface area (Å²) >= 11 is 0. The lowest BCUT2D eigenvalue weighted by Gasteiger charge is -2.14. The summed E-state index contributed by atoms with van der Waals surface area (Å²) < 4.78 is 2.07. The van der Waals surface area contributed by atoms with Gasteiger partial charge >= 0.3 is 0 Å². The molecule has 1 N–H and O–H groups in total. The molecule has 2 heterocycles. The molecule has 1 aromatic heterocycles. The van der Waals surface area contributed by atoms with Crippen molar-refractivity contribution in [1.82, 2.24) is 9.55 Å². The molecule has 0 fully saturated rings. The minimum Gasteiger partial charge on any atom is -0.309 e. The third-order valence-corrected chi connectivity index (χ3v) is 3.18. The van der Waals surface area contributed by atoms with E-state index >= 15 is 0 Å². The lowest BCUT2D eigenvalue weighted by atomic mass is 10.1. The molecule has 0 spiro atoms. The zero-order chi connectivity index (χ0) is 11.3. The second-order valence-corrected chi connectivity index (χ2v) is 4.31. The summed E-state index contributed by atoms with van der Waals surface area (Å²) in [5.74, 6) is 0.729. The fourth-order valence-corrected chi connectivity index (χ4v) is 2.10. The highest BCUT2D eigenvalue weighted by molar-refractivity contribution is 5.93. The van der Waals surface area contributed by atoms with Crippen LogP contribution in [0.1, 0.15) is 17.5 Å². The second kappa shape index (κ2) is 3.07. The Kier molecular flexibility index (Phi) is 1.80. The normalized spacial score (nSPS) is 15.0. The Labute approximate surface area is 93.3 Å². The van der Waals surface area contributed by atoms with Crippen LogP contribution in [0.2, 0.25) is 0 Å². The van der Waals surface area contributed by atoms with Crippen LogP contribution >= 0.6 is 0 Å². The van der Waals surface area contributed by atoms with Crippen molar-refractivity contribution in [3.8, 4) is 0 Å². The van der Waals surface area contributed by atoms with E-state index in [0.29, 0.717) is 12.4 Å². The van der Waals surface area contributed by atoms with Crippen LogP contribution in [0.3, 0.4) is 0 Å². The maximum absolute atomic E-state index is 11.3. The van der Waals surface area contributed by atoms with Gasteiger partial charge in [0, 0.05) is 13.0 Å². The van der Waals surface area contributed by atoms with Crippen LogP contribution < -0.4 is 5.32 Å². The van der Waals surface area contributed by atoms with Gasteiger partial charge in [-0.05, 0) is 37.1 Å². The van der Waals surface area contributed by atoms with E-state index in [2.05, 4.69) is 40.8 Å². The van der Waals surface area contributed by atoms with E-state index < -0.39 is 0 Å². The van der Waals surface area contributed by atoms with E-state index in [1.807, 2.05) is 0 Å². The van der Waals surface area contributed by atoms with Gasteiger partial charge in [0.2, 0.25) is 11.9 Å². The quantitative estimate of drug-likeness (QED) is 0.730. The van der Waals surface area contributed by atoms with Gasteiger partial charge in [0.25, 0.3) is 0 Å². The van der Waals surface area contributed by atoms with Crippen LogP contribution in [0.4, 0.5) is 5.95 Å². The third-order valence-electron chi connectivity index (χ3n) is 3.18. The van der Waals surface area contributed by atoms with Gasteiger partial charge in [-0.1, -0.05) is 0 Å². The van der Waals surface area contributed by atoms with Gasteiger partial charge in [-0.25, -0.2) is 4.98 Å². The fraction of sp³-hybridized carbons (Fsp3) is 0.333. The molecule has 0 atom stereocenters. The highest BCUT2D eigenvalue weighted by Crippen LogP contribution is 2.25. The average molecular weight is 215 g/mol. The number of nitrogens with one attached hydrogen (secondary N) is 1. The first-order chi connectivity index (χ1) is 7.65. The molecule has 4 heteroatoms. The summed E-state index contributed by atoms with van der Waals surface area (Å²) in [4.78, 5) is 15.7. The Morgan fingerprint density at radius 2 is 2.06 bits per heavy atom. The largest absolute Gasteiger partial charge is 0.309 e. The van der Waals surface area contributed by atoms with Crippen molar-refractivity contribution >= 4 is 22.9 Å². The van der Waals surface area contributed by atoms with Crippen LogP contribution in [0.15, 0.2) is 12.1 Å². The highest BCUT2D eigenvalue weighted by atomic mass is 16.1. The summed E-state index contributed by atoms with van der Waals surface area (Å²) in [6, 6.07) is 4.21. The molecule has 0 saturated heterocycles. The van der Waals surface area contributed by atoms with E-state index in [0.717, 1.165) is 17.6 Å². The van der Waals surface area contributed by atoms with Gasteiger partial charge < -0.3 is 4.57 Å². The standard InChI is InChI=1S/C12H13N3O/c1-7-5-9-10(6-8(7)2)15-4-3-11(16)14-12(15)13-9/h5-6H,3-4H2,1-2H3,(H,13,14,16). The zero-order valence-corrected chi connectivity index (χ0v) is 9.37. The number of anilines is 1. The Hall–Kier alpha value is -1.84. The van der Waals surface area contributed by atoms with E-state index in [9.17, 15) is 4.79 Å². The van der Waals surface area contributed by atoms with Crippen LogP contribution in [-0.2, 0) is 11.3 Å². The molecule has 16 heavy (non-hydrogen) atoms. The first kappa shape index (κ1) is 9.39.